The molecule has 0 N–H and O–H groups in total. The van der Waals surface area contributed by atoms with Crippen molar-refractivity contribution in [1.29, 1.82) is 0 Å². The van der Waals surface area contributed by atoms with Gasteiger partial charge in [0.2, 0.25) is 0 Å². The minimum atomic E-state index is -1.41. The first-order chi connectivity index (χ1) is 10.6. The van der Waals surface area contributed by atoms with Crippen LogP contribution in [0.3, 0.4) is 0 Å². The molecule has 0 saturated carbocycles. The van der Waals surface area contributed by atoms with Crippen molar-refractivity contribution in [2.24, 2.45) is 0 Å². The normalized spacial score (nSPS) is 13.5. The number of carbonyl (C=O) groups excluding carboxylic acids is 3. The van der Waals surface area contributed by atoms with Gasteiger partial charge in [-0.15, -0.1) is 0 Å². The molecule has 0 radical (unpaired) electrons. The van der Waals surface area contributed by atoms with E-state index >= 15 is 0 Å². The molecule has 0 aromatic carbocycles. The van der Waals surface area contributed by atoms with Crippen LogP contribution in [0.1, 0.15) is 47.0 Å². The first-order valence-electron chi connectivity index (χ1n) is 7.27. The Bertz CT molecular complexity index is 517. The van der Waals surface area contributed by atoms with Crippen molar-refractivity contribution in [2.45, 2.75) is 52.7 Å². The molecule has 1 atom stereocenters. The molecule has 0 amide bonds. The van der Waals surface area contributed by atoms with Crippen LogP contribution in [-0.4, -0.2) is 23.7 Å². The number of esters is 3. The van der Waals surface area contributed by atoms with E-state index in [9.17, 15) is 14.4 Å². The number of ether oxygens (including phenoxy) is 3. The van der Waals surface area contributed by atoms with Gasteiger partial charge in [0.25, 0.3) is 5.79 Å². The van der Waals surface area contributed by atoms with E-state index in [2.05, 4.69) is 13.2 Å². The van der Waals surface area contributed by atoms with Crippen LogP contribution >= 0.6 is 0 Å². The van der Waals surface area contributed by atoms with Crippen LogP contribution in [0.15, 0.2) is 36.6 Å². The fraction of sp³-hybridized carbons (Fsp3) is 0.471. The van der Waals surface area contributed by atoms with Crippen molar-refractivity contribution in [1.82, 2.24) is 0 Å². The van der Waals surface area contributed by atoms with Gasteiger partial charge in [-0.3, -0.25) is 0 Å². The number of hydrogen-bond donors (Lipinski definition) is 0. The van der Waals surface area contributed by atoms with Crippen LogP contribution < -0.4 is 0 Å². The van der Waals surface area contributed by atoms with E-state index < -0.39 is 23.7 Å². The summed E-state index contributed by atoms with van der Waals surface area (Å²) in [5, 5.41) is 0. The summed E-state index contributed by atoms with van der Waals surface area (Å²) in [4.78, 5) is 34.7. The van der Waals surface area contributed by atoms with Gasteiger partial charge in [-0.2, -0.15) is 0 Å². The fourth-order valence-electron chi connectivity index (χ4n) is 1.44. The topological polar surface area (TPSA) is 78.9 Å². The second kappa shape index (κ2) is 9.61. The summed E-state index contributed by atoms with van der Waals surface area (Å²) in [5.74, 6) is -3.50. The van der Waals surface area contributed by atoms with E-state index in [-0.39, 0.29) is 11.1 Å². The molecule has 0 saturated heterocycles. The predicted molar refractivity (Wildman–Crippen MR) is 85.0 cm³/mol. The lowest BCUT2D eigenvalue weighted by molar-refractivity contribution is -0.219. The molecule has 0 aromatic heterocycles. The summed E-state index contributed by atoms with van der Waals surface area (Å²) in [7, 11) is 0. The van der Waals surface area contributed by atoms with Crippen LogP contribution in [0, 0.1) is 0 Å². The molecule has 0 aliphatic carbocycles. The Hall–Kier alpha value is -2.37. The molecular formula is C17H24O6. The maximum atomic E-state index is 12.1. The first kappa shape index (κ1) is 20.6. The molecule has 6 heteroatoms. The van der Waals surface area contributed by atoms with Crippen molar-refractivity contribution in [3.63, 3.8) is 0 Å². The summed E-state index contributed by atoms with van der Waals surface area (Å²) in [6.45, 7) is 13.1. The van der Waals surface area contributed by atoms with Crippen molar-refractivity contribution in [2.75, 3.05) is 0 Å². The highest BCUT2D eigenvalue weighted by Gasteiger charge is 2.32. The molecule has 0 fully saturated rings. The highest BCUT2D eigenvalue weighted by Crippen LogP contribution is 2.22. The average Bonchev–Trinajstić information content (AvgIpc) is 2.49. The van der Waals surface area contributed by atoms with Gasteiger partial charge in [-0.05, 0) is 20.3 Å². The number of carbonyl (C=O) groups is 3. The molecule has 0 aromatic rings. The van der Waals surface area contributed by atoms with Crippen LogP contribution in [0.5, 0.6) is 0 Å². The maximum absolute atomic E-state index is 12.1. The van der Waals surface area contributed by atoms with Gasteiger partial charge >= 0.3 is 17.9 Å². The lowest BCUT2D eigenvalue weighted by Gasteiger charge is -2.28. The standard InChI is InChI=1S/C17H24O6/c1-7-9-10-17(6,22-14(18)8-2)23-16(20)13(5)11-21-15(19)12(3)4/h8,11H,2-3,7,9-10H2,1,4-6H3/b13-11+. The highest BCUT2D eigenvalue weighted by atomic mass is 16.7. The quantitative estimate of drug-likeness (QED) is 0.280. The summed E-state index contributed by atoms with van der Waals surface area (Å²) in [5.41, 5.74) is 0.257. The zero-order valence-corrected chi connectivity index (χ0v) is 14.1. The monoisotopic (exact) mass is 324 g/mol. The Morgan fingerprint density at radius 1 is 1.13 bits per heavy atom. The van der Waals surface area contributed by atoms with E-state index in [0.717, 1.165) is 18.8 Å². The molecule has 0 spiro atoms. The summed E-state index contributed by atoms with van der Waals surface area (Å²) in [6.07, 6.45) is 3.85. The molecule has 0 aliphatic heterocycles. The van der Waals surface area contributed by atoms with E-state index in [4.69, 9.17) is 14.2 Å². The number of rotatable bonds is 9. The maximum Gasteiger partial charge on any atom is 0.340 e. The third-order valence-electron chi connectivity index (χ3n) is 2.79. The van der Waals surface area contributed by atoms with Crippen molar-refractivity contribution in [3.05, 3.63) is 36.6 Å². The molecule has 6 nitrogen and oxygen atoms in total. The van der Waals surface area contributed by atoms with Crippen LogP contribution in [0.2, 0.25) is 0 Å². The Morgan fingerprint density at radius 2 is 1.74 bits per heavy atom. The zero-order chi connectivity index (χ0) is 18.0. The second-order valence-corrected chi connectivity index (χ2v) is 5.24. The summed E-state index contributed by atoms with van der Waals surface area (Å²) < 4.78 is 15.1. The van der Waals surface area contributed by atoms with Crippen molar-refractivity contribution in [3.8, 4) is 0 Å². The summed E-state index contributed by atoms with van der Waals surface area (Å²) >= 11 is 0. The minimum absolute atomic E-state index is 0.0528. The number of hydrogen-bond acceptors (Lipinski definition) is 6. The Kier molecular flexibility index (Phi) is 8.62. The SMILES string of the molecule is C=CC(=O)OC(C)(CCCC)OC(=O)/C(C)=C/OC(=O)C(=C)C. The van der Waals surface area contributed by atoms with Crippen LogP contribution in [-0.2, 0) is 28.6 Å². The molecule has 0 rings (SSSR count). The van der Waals surface area contributed by atoms with E-state index in [0.29, 0.717) is 12.8 Å². The minimum Gasteiger partial charge on any atom is -0.431 e. The molecule has 0 bridgehead atoms. The largest absolute Gasteiger partial charge is 0.431 e. The third kappa shape index (κ3) is 7.99. The fourth-order valence-corrected chi connectivity index (χ4v) is 1.44. The van der Waals surface area contributed by atoms with Gasteiger partial charge in [0, 0.05) is 25.0 Å². The van der Waals surface area contributed by atoms with Gasteiger partial charge in [0.05, 0.1) is 5.57 Å². The van der Waals surface area contributed by atoms with Crippen LogP contribution in [0.25, 0.3) is 0 Å². The van der Waals surface area contributed by atoms with Crippen molar-refractivity contribution >= 4 is 17.9 Å². The first-order valence-corrected chi connectivity index (χ1v) is 7.27. The summed E-state index contributed by atoms with van der Waals surface area (Å²) in [6, 6.07) is 0. The lowest BCUT2D eigenvalue weighted by Crippen LogP contribution is -2.37. The molecule has 0 heterocycles. The molecule has 0 aliphatic rings. The molecule has 23 heavy (non-hydrogen) atoms. The Labute approximate surface area is 136 Å². The average molecular weight is 324 g/mol. The van der Waals surface area contributed by atoms with Gasteiger partial charge in [-0.25, -0.2) is 14.4 Å². The van der Waals surface area contributed by atoms with Crippen LogP contribution in [0.4, 0.5) is 0 Å². The van der Waals surface area contributed by atoms with Gasteiger partial charge in [0.15, 0.2) is 0 Å². The molecule has 1 unspecified atom stereocenters. The second-order valence-electron chi connectivity index (χ2n) is 5.24. The Balaban J connectivity index is 4.96. The van der Waals surface area contributed by atoms with Crippen molar-refractivity contribution < 1.29 is 28.6 Å². The zero-order valence-electron chi connectivity index (χ0n) is 14.1. The highest BCUT2D eigenvalue weighted by molar-refractivity contribution is 5.90. The molecular weight excluding hydrogens is 300 g/mol. The Morgan fingerprint density at radius 3 is 2.22 bits per heavy atom. The van der Waals surface area contributed by atoms with E-state index in [1.807, 2.05) is 6.92 Å². The van der Waals surface area contributed by atoms with Gasteiger partial charge in [0.1, 0.15) is 6.26 Å². The van der Waals surface area contributed by atoms with Gasteiger partial charge < -0.3 is 14.2 Å². The van der Waals surface area contributed by atoms with E-state index in [1.54, 1.807) is 0 Å². The van der Waals surface area contributed by atoms with E-state index in [1.165, 1.54) is 20.8 Å². The van der Waals surface area contributed by atoms with Gasteiger partial charge in [-0.1, -0.05) is 26.5 Å². The molecule has 128 valence electrons. The smallest absolute Gasteiger partial charge is 0.340 e. The predicted octanol–water partition coefficient (Wildman–Crippen LogP) is 3.19. The lowest BCUT2D eigenvalue weighted by atomic mass is 10.1. The number of unbranched alkanes of at least 4 members (excludes halogenated alkanes) is 1. The third-order valence-corrected chi connectivity index (χ3v) is 2.79.